The maximum absolute atomic E-state index is 12.3. The first-order chi connectivity index (χ1) is 10.4. The van der Waals surface area contributed by atoms with Crippen LogP contribution < -0.4 is 4.72 Å². The Morgan fingerprint density at radius 2 is 2.23 bits per heavy atom. The molecule has 0 atom stereocenters. The zero-order chi connectivity index (χ0) is 16.2. The third-order valence-corrected chi connectivity index (χ3v) is 4.73. The van der Waals surface area contributed by atoms with Gasteiger partial charge in [0.25, 0.3) is 10.0 Å². The summed E-state index contributed by atoms with van der Waals surface area (Å²) in [6, 6.07) is 8.21. The van der Waals surface area contributed by atoms with Crippen LogP contribution >= 0.6 is 11.8 Å². The number of benzene rings is 1. The Kier molecular flexibility index (Phi) is 5.05. The fraction of sp³-hybridized carbons (Fsp3) is 0.308. The van der Waals surface area contributed by atoms with Gasteiger partial charge in [-0.1, -0.05) is 37.7 Å². The van der Waals surface area contributed by atoms with Crippen LogP contribution in [0.15, 0.2) is 34.3 Å². The largest absolute Gasteiger partial charge is 0.264 e. The zero-order valence-electron chi connectivity index (χ0n) is 12.1. The van der Waals surface area contributed by atoms with Crippen molar-refractivity contribution in [3.05, 3.63) is 29.8 Å². The molecule has 1 aromatic heterocycles. The predicted octanol–water partition coefficient (Wildman–Crippen LogP) is 2.17. The zero-order valence-corrected chi connectivity index (χ0v) is 13.7. The Hall–Kier alpha value is -2.05. The number of aromatic nitrogens is 3. The van der Waals surface area contributed by atoms with Crippen LogP contribution in [0.1, 0.15) is 19.4 Å². The SMILES string of the molecule is CC(C)Sc1n[nH]c(NS(=O)(=O)c2cccc(CC#N)c2)n1. The number of thioether (sulfide) groups is 1. The molecule has 2 N–H and O–H groups in total. The molecule has 0 saturated carbocycles. The quantitative estimate of drug-likeness (QED) is 0.781. The Labute approximate surface area is 133 Å². The van der Waals surface area contributed by atoms with Crippen molar-refractivity contribution in [3.63, 3.8) is 0 Å². The van der Waals surface area contributed by atoms with E-state index in [9.17, 15) is 8.42 Å². The number of sulfonamides is 1. The van der Waals surface area contributed by atoms with Gasteiger partial charge < -0.3 is 0 Å². The third kappa shape index (κ3) is 4.22. The normalized spacial score (nSPS) is 11.4. The monoisotopic (exact) mass is 337 g/mol. The minimum atomic E-state index is -3.77. The second-order valence-corrected chi connectivity index (χ2v) is 7.95. The molecule has 0 aliphatic heterocycles. The van der Waals surface area contributed by atoms with Gasteiger partial charge in [-0.05, 0) is 17.7 Å². The van der Waals surface area contributed by atoms with E-state index >= 15 is 0 Å². The molecule has 0 aliphatic carbocycles. The maximum atomic E-state index is 12.3. The summed E-state index contributed by atoms with van der Waals surface area (Å²) < 4.78 is 26.9. The summed E-state index contributed by atoms with van der Waals surface area (Å²) in [6.45, 7) is 3.98. The maximum Gasteiger partial charge on any atom is 0.264 e. The van der Waals surface area contributed by atoms with E-state index in [4.69, 9.17) is 5.26 Å². The van der Waals surface area contributed by atoms with Gasteiger partial charge in [-0.2, -0.15) is 10.2 Å². The highest BCUT2D eigenvalue weighted by atomic mass is 32.2. The van der Waals surface area contributed by atoms with Gasteiger partial charge in [-0.15, -0.1) is 5.10 Å². The van der Waals surface area contributed by atoms with E-state index < -0.39 is 10.0 Å². The summed E-state index contributed by atoms with van der Waals surface area (Å²) >= 11 is 1.43. The molecule has 22 heavy (non-hydrogen) atoms. The Morgan fingerprint density at radius 1 is 1.45 bits per heavy atom. The lowest BCUT2D eigenvalue weighted by molar-refractivity contribution is 0.600. The minimum Gasteiger partial charge on any atom is -0.248 e. The molecule has 7 nitrogen and oxygen atoms in total. The summed E-state index contributed by atoms with van der Waals surface area (Å²) in [4.78, 5) is 4.15. The Bertz CT molecular complexity index is 793. The predicted molar refractivity (Wildman–Crippen MR) is 83.9 cm³/mol. The number of H-pyrrole nitrogens is 1. The Balaban J connectivity index is 2.19. The molecule has 0 radical (unpaired) electrons. The highest BCUT2D eigenvalue weighted by molar-refractivity contribution is 7.99. The number of nitrogens with one attached hydrogen (secondary N) is 2. The molecule has 116 valence electrons. The van der Waals surface area contributed by atoms with E-state index in [-0.39, 0.29) is 17.3 Å². The van der Waals surface area contributed by atoms with Crippen LogP contribution in [0, 0.1) is 11.3 Å². The van der Waals surface area contributed by atoms with Crippen molar-refractivity contribution in [2.75, 3.05) is 4.72 Å². The van der Waals surface area contributed by atoms with Gasteiger partial charge in [0.05, 0.1) is 17.4 Å². The lowest BCUT2D eigenvalue weighted by Crippen LogP contribution is -2.14. The van der Waals surface area contributed by atoms with Gasteiger partial charge in [0, 0.05) is 5.25 Å². The van der Waals surface area contributed by atoms with Crippen LogP contribution in [-0.2, 0) is 16.4 Å². The van der Waals surface area contributed by atoms with Crippen molar-refractivity contribution in [2.24, 2.45) is 0 Å². The molecule has 9 heteroatoms. The topological polar surface area (TPSA) is 112 Å². The van der Waals surface area contributed by atoms with Crippen molar-refractivity contribution in [1.29, 1.82) is 5.26 Å². The smallest absolute Gasteiger partial charge is 0.248 e. The molecule has 1 aromatic carbocycles. The van der Waals surface area contributed by atoms with Gasteiger partial charge in [0.15, 0.2) is 0 Å². The van der Waals surface area contributed by atoms with Gasteiger partial charge >= 0.3 is 0 Å². The van der Waals surface area contributed by atoms with Gasteiger partial charge in [0.2, 0.25) is 11.1 Å². The number of hydrogen-bond donors (Lipinski definition) is 2. The summed E-state index contributed by atoms with van der Waals surface area (Å²) in [5, 5.41) is 15.9. The molecule has 0 spiro atoms. The Morgan fingerprint density at radius 3 is 2.91 bits per heavy atom. The molecule has 2 rings (SSSR count). The van der Waals surface area contributed by atoms with Crippen LogP contribution in [0.25, 0.3) is 0 Å². The molecule has 0 unspecified atom stereocenters. The molecule has 2 aromatic rings. The molecule has 1 heterocycles. The van der Waals surface area contributed by atoms with Gasteiger partial charge in [0.1, 0.15) is 0 Å². The molecule has 0 fully saturated rings. The summed E-state index contributed by atoms with van der Waals surface area (Å²) in [6.07, 6.45) is 0.154. The van der Waals surface area contributed by atoms with Crippen LogP contribution in [0.5, 0.6) is 0 Å². The van der Waals surface area contributed by atoms with E-state index in [1.54, 1.807) is 12.1 Å². The first kappa shape index (κ1) is 16.3. The van der Waals surface area contributed by atoms with E-state index in [1.807, 2.05) is 19.9 Å². The summed E-state index contributed by atoms with van der Waals surface area (Å²) in [5.74, 6) is 0.0637. The number of rotatable bonds is 6. The lowest BCUT2D eigenvalue weighted by atomic mass is 10.2. The molecule has 0 aliphatic rings. The van der Waals surface area contributed by atoms with Crippen molar-refractivity contribution in [3.8, 4) is 6.07 Å². The van der Waals surface area contributed by atoms with Crippen LogP contribution in [0.3, 0.4) is 0 Å². The van der Waals surface area contributed by atoms with Crippen LogP contribution in [0.2, 0.25) is 0 Å². The number of nitrogens with zero attached hydrogens (tertiary/aromatic N) is 3. The first-order valence-corrected chi connectivity index (χ1v) is 8.85. The van der Waals surface area contributed by atoms with Crippen molar-refractivity contribution in [1.82, 2.24) is 15.2 Å². The molecule has 0 saturated heterocycles. The molecular formula is C13H15N5O2S2. The fourth-order valence-corrected chi connectivity index (χ4v) is 3.35. The minimum absolute atomic E-state index is 0.0637. The number of anilines is 1. The van der Waals surface area contributed by atoms with E-state index in [0.717, 1.165) is 0 Å². The molecule has 0 amide bonds. The lowest BCUT2D eigenvalue weighted by Gasteiger charge is -2.05. The van der Waals surface area contributed by atoms with Crippen LogP contribution in [0.4, 0.5) is 5.95 Å². The average Bonchev–Trinajstić information content (AvgIpc) is 2.85. The van der Waals surface area contributed by atoms with Gasteiger partial charge in [-0.25, -0.2) is 18.2 Å². The van der Waals surface area contributed by atoms with Crippen molar-refractivity contribution in [2.45, 2.75) is 35.6 Å². The second kappa shape index (κ2) is 6.81. The third-order valence-electron chi connectivity index (χ3n) is 2.53. The summed E-state index contributed by atoms with van der Waals surface area (Å²) in [7, 11) is -3.77. The van der Waals surface area contributed by atoms with E-state index in [0.29, 0.717) is 16.0 Å². The van der Waals surface area contributed by atoms with E-state index in [2.05, 4.69) is 19.9 Å². The highest BCUT2D eigenvalue weighted by Crippen LogP contribution is 2.20. The summed E-state index contributed by atoms with van der Waals surface area (Å²) in [5.41, 5.74) is 0.638. The van der Waals surface area contributed by atoms with E-state index in [1.165, 1.54) is 23.9 Å². The van der Waals surface area contributed by atoms with Crippen molar-refractivity contribution < 1.29 is 8.42 Å². The van der Waals surface area contributed by atoms with Crippen LogP contribution in [-0.4, -0.2) is 28.8 Å². The van der Waals surface area contributed by atoms with Crippen molar-refractivity contribution >= 4 is 27.7 Å². The second-order valence-electron chi connectivity index (χ2n) is 4.72. The first-order valence-electron chi connectivity index (χ1n) is 6.48. The standard InChI is InChI=1S/C13H15N5O2S2/c1-9(2)21-13-15-12(16-17-13)18-22(19,20)11-5-3-4-10(8-11)6-7-14/h3-5,8-9H,6H2,1-2H3,(H2,15,16,17,18). The number of nitriles is 1. The number of aromatic amines is 1. The number of hydrogen-bond acceptors (Lipinski definition) is 6. The van der Waals surface area contributed by atoms with Gasteiger partial charge in [-0.3, -0.25) is 0 Å². The average molecular weight is 337 g/mol. The highest BCUT2D eigenvalue weighted by Gasteiger charge is 2.17. The fourth-order valence-electron chi connectivity index (χ4n) is 1.66. The molecule has 0 bridgehead atoms. The molecular weight excluding hydrogens is 322 g/mol.